The average Bonchev–Trinajstić information content (AvgIpc) is 2.62. The third kappa shape index (κ3) is 4.75. The molecule has 0 bridgehead atoms. The van der Waals surface area contributed by atoms with Gasteiger partial charge in [0.2, 0.25) is 0 Å². The molecule has 0 spiro atoms. The second kappa shape index (κ2) is 8.82. The maximum absolute atomic E-state index is 13.4. The van der Waals surface area contributed by atoms with Gasteiger partial charge >= 0.3 is 71.8 Å². The third-order valence-corrected chi connectivity index (χ3v) is 4.25. The Balaban J connectivity index is 7.05. The van der Waals surface area contributed by atoms with Crippen molar-refractivity contribution in [2.45, 2.75) is 71.8 Å². The normalized spacial score (nSPS) is 17.1. The summed E-state index contributed by atoms with van der Waals surface area (Å²) in [5.74, 6) is -54.0. The molecule has 1 N–H and O–H groups in total. The van der Waals surface area contributed by atoms with Gasteiger partial charge in [0.05, 0.1) is 0 Å². The van der Waals surface area contributed by atoms with Gasteiger partial charge in [-0.1, -0.05) is 0 Å². The van der Waals surface area contributed by atoms with E-state index in [-0.39, 0.29) is 0 Å². The van der Waals surface area contributed by atoms with Crippen LogP contribution in [-0.2, 0) is 0 Å². The first kappa shape index (κ1) is 37.1. The molecule has 236 valence electrons. The molecule has 0 unspecified atom stereocenters. The summed E-state index contributed by atoms with van der Waals surface area (Å²) < 4.78 is 333. The molecule has 0 amide bonds. The fraction of sp³-hybridized carbons (Fsp3) is 1.00. The Morgan fingerprint density at radius 2 is 0.462 bits per heavy atom. The van der Waals surface area contributed by atoms with Crippen molar-refractivity contribution in [3.8, 4) is 0 Å². The number of halogens is 26. The van der Waals surface area contributed by atoms with Crippen molar-refractivity contribution in [3.05, 3.63) is 0 Å². The lowest BCUT2D eigenvalue weighted by Gasteiger charge is -2.44. The van der Waals surface area contributed by atoms with Gasteiger partial charge in [-0.3, -0.25) is 0 Å². The van der Waals surface area contributed by atoms with E-state index in [1.165, 1.54) is 0 Å². The molecule has 0 saturated carbocycles. The third-order valence-electron chi connectivity index (χ3n) is 4.25. The molecule has 0 aromatic rings. The molecule has 0 rings (SSSR count). The van der Waals surface area contributed by atoms with Crippen LogP contribution in [0.25, 0.3) is 0 Å². The van der Waals surface area contributed by atoms with Gasteiger partial charge in [-0.2, -0.15) is 115 Å². The van der Waals surface area contributed by atoms with Crippen LogP contribution in [0.4, 0.5) is 114 Å². The molecule has 0 aliphatic rings. The van der Waals surface area contributed by atoms with Crippen LogP contribution in [0.15, 0.2) is 0 Å². The minimum absolute atomic E-state index is 2.51. The van der Waals surface area contributed by atoms with Crippen LogP contribution in [0, 0.1) is 0 Å². The predicted molar refractivity (Wildman–Crippen MR) is 64.7 cm³/mol. The van der Waals surface area contributed by atoms with E-state index in [2.05, 4.69) is 0 Å². The minimum atomic E-state index is -9.25. The standard InChI is InChI=1S/C12HF26N/c13-1(8(26,27)28,9(29,30)31)2(14,15)11(35,36)39-12(37,38)7(24,25)5(20,21)3(16,17)4(18,19)6(22,23)10(32,33)34/h39H. The fourth-order valence-electron chi connectivity index (χ4n) is 2.05. The summed E-state index contributed by atoms with van der Waals surface area (Å²) in [7, 11) is 0. The molecule has 0 saturated heterocycles. The first-order valence-corrected chi connectivity index (χ1v) is 7.91. The summed E-state index contributed by atoms with van der Waals surface area (Å²) in [6, 6.07) is -17.3. The van der Waals surface area contributed by atoms with E-state index in [1.807, 2.05) is 0 Å². The second-order valence-electron chi connectivity index (χ2n) is 6.87. The largest absolute Gasteiger partial charge is 0.460 e. The molecule has 0 atom stereocenters. The summed E-state index contributed by atoms with van der Waals surface area (Å²) in [5.41, 5.74) is -8.77. The molecule has 0 aliphatic carbocycles. The predicted octanol–water partition coefficient (Wildman–Crippen LogP) is 7.97. The van der Waals surface area contributed by atoms with Gasteiger partial charge in [0, 0.05) is 0 Å². The Labute approximate surface area is 193 Å². The molecule has 0 aromatic carbocycles. The Bertz CT molecular complexity index is 868. The second-order valence-corrected chi connectivity index (χ2v) is 6.87. The highest BCUT2D eigenvalue weighted by Gasteiger charge is 2.95. The van der Waals surface area contributed by atoms with Crippen LogP contribution in [0.5, 0.6) is 0 Å². The molecule has 1 nitrogen and oxygen atoms in total. The molecule has 27 heteroatoms. The van der Waals surface area contributed by atoms with Gasteiger partial charge < -0.3 is 0 Å². The Kier molecular flexibility index (Phi) is 8.40. The van der Waals surface area contributed by atoms with Crippen LogP contribution < -0.4 is 5.32 Å². The molecule has 39 heavy (non-hydrogen) atoms. The first-order chi connectivity index (χ1) is 16.2. The highest BCUT2D eigenvalue weighted by atomic mass is 19.4. The van der Waals surface area contributed by atoms with Crippen LogP contribution in [0.2, 0.25) is 0 Å². The molecule has 0 aromatic heterocycles. The molecular weight excluding hydrogens is 652 g/mol. The molecule has 0 aliphatic heterocycles. The van der Waals surface area contributed by atoms with Gasteiger partial charge in [0.25, 0.3) is 0 Å². The summed E-state index contributed by atoms with van der Waals surface area (Å²) in [6.45, 7) is 0. The summed E-state index contributed by atoms with van der Waals surface area (Å²) in [6.07, 6.45) is -24.9. The number of hydrogen-bond donors (Lipinski definition) is 1. The Morgan fingerprint density at radius 1 is 0.231 bits per heavy atom. The monoisotopic (exact) mass is 653 g/mol. The average molecular weight is 653 g/mol. The Hall–Kier alpha value is -1.86. The van der Waals surface area contributed by atoms with E-state index in [0.717, 1.165) is 0 Å². The Morgan fingerprint density at radius 3 is 0.718 bits per heavy atom. The SMILES string of the molecule is FC(F)(F)C(F)(F)C(F)(F)C(F)(F)C(F)(F)C(F)(F)C(F)(F)NC(F)(F)C(F)(F)C(F)(C(F)(F)F)C(F)(F)F. The lowest BCUT2D eigenvalue weighted by atomic mass is 9.91. The molecule has 0 heterocycles. The molecular formula is C12HF26N. The van der Waals surface area contributed by atoms with Gasteiger partial charge in [0.15, 0.2) is 0 Å². The van der Waals surface area contributed by atoms with E-state index in [1.54, 1.807) is 0 Å². The van der Waals surface area contributed by atoms with Crippen molar-refractivity contribution in [1.82, 2.24) is 5.32 Å². The van der Waals surface area contributed by atoms with Crippen molar-refractivity contribution in [2.75, 3.05) is 0 Å². The van der Waals surface area contributed by atoms with E-state index >= 15 is 0 Å². The van der Waals surface area contributed by atoms with Gasteiger partial charge in [0.1, 0.15) is 0 Å². The van der Waals surface area contributed by atoms with Crippen molar-refractivity contribution >= 4 is 0 Å². The number of alkyl halides is 26. The lowest BCUT2D eigenvalue weighted by molar-refractivity contribution is -0.463. The number of rotatable bonds is 9. The van der Waals surface area contributed by atoms with E-state index in [4.69, 9.17) is 0 Å². The van der Waals surface area contributed by atoms with E-state index in [9.17, 15) is 114 Å². The maximum Gasteiger partial charge on any atom is 0.460 e. The summed E-state index contributed by atoms with van der Waals surface area (Å²) >= 11 is 0. The van der Waals surface area contributed by atoms with Gasteiger partial charge in [-0.25, -0.2) is 4.39 Å². The van der Waals surface area contributed by atoms with E-state index < -0.39 is 77.1 Å². The highest BCUT2D eigenvalue weighted by molar-refractivity contribution is 5.15. The van der Waals surface area contributed by atoms with Crippen molar-refractivity contribution in [3.63, 3.8) is 0 Å². The zero-order chi connectivity index (χ0) is 32.7. The smallest absolute Gasteiger partial charge is 0.216 e. The molecule has 0 fully saturated rings. The van der Waals surface area contributed by atoms with E-state index in [0.29, 0.717) is 0 Å². The first-order valence-electron chi connectivity index (χ1n) is 7.91. The van der Waals surface area contributed by atoms with Crippen molar-refractivity contribution in [2.24, 2.45) is 0 Å². The van der Waals surface area contributed by atoms with Gasteiger partial charge in [-0.15, -0.1) is 0 Å². The number of nitrogens with one attached hydrogen (secondary N) is 1. The minimum Gasteiger partial charge on any atom is -0.216 e. The van der Waals surface area contributed by atoms with Crippen LogP contribution >= 0.6 is 0 Å². The summed E-state index contributed by atoms with van der Waals surface area (Å²) in [5, 5.41) is -2.51. The van der Waals surface area contributed by atoms with Crippen molar-refractivity contribution in [1.29, 1.82) is 0 Å². The zero-order valence-electron chi connectivity index (χ0n) is 16.3. The van der Waals surface area contributed by atoms with Crippen LogP contribution in [0.1, 0.15) is 0 Å². The zero-order valence-corrected chi connectivity index (χ0v) is 16.3. The summed E-state index contributed by atoms with van der Waals surface area (Å²) in [4.78, 5) is 0. The maximum atomic E-state index is 13.4. The fourth-order valence-corrected chi connectivity index (χ4v) is 2.05. The lowest BCUT2D eigenvalue weighted by Crippen LogP contribution is -2.78. The van der Waals surface area contributed by atoms with Gasteiger partial charge in [-0.05, 0) is 0 Å². The van der Waals surface area contributed by atoms with Crippen LogP contribution in [0.3, 0.4) is 0 Å². The van der Waals surface area contributed by atoms with Crippen molar-refractivity contribution < 1.29 is 114 Å². The quantitative estimate of drug-likeness (QED) is 0.197. The van der Waals surface area contributed by atoms with Crippen LogP contribution in [-0.4, -0.2) is 71.8 Å². The molecule has 0 radical (unpaired) electrons. The number of hydrogen-bond acceptors (Lipinski definition) is 1. The topological polar surface area (TPSA) is 12.0 Å². The highest BCUT2D eigenvalue weighted by Crippen LogP contribution is 2.63.